The lowest BCUT2D eigenvalue weighted by Gasteiger charge is -2.30. The zero-order valence-electron chi connectivity index (χ0n) is 13.8. The molecule has 1 saturated heterocycles. The van der Waals surface area contributed by atoms with Crippen LogP contribution in [0.1, 0.15) is 48.6 Å². The van der Waals surface area contributed by atoms with E-state index in [1.54, 1.807) is 0 Å². The molecule has 0 radical (unpaired) electrons. The van der Waals surface area contributed by atoms with Crippen molar-refractivity contribution in [3.8, 4) is 0 Å². The second kappa shape index (κ2) is 7.90. The average molecular weight is 342 g/mol. The number of piperazine rings is 1. The summed E-state index contributed by atoms with van der Waals surface area (Å²) in [5.74, 6) is 2.28. The maximum absolute atomic E-state index is 5.45. The van der Waals surface area contributed by atoms with Crippen LogP contribution in [0.2, 0.25) is 0 Å². The van der Waals surface area contributed by atoms with Crippen LogP contribution < -0.4 is 5.32 Å². The highest BCUT2D eigenvalue weighted by molar-refractivity contribution is 5.85. The van der Waals surface area contributed by atoms with Gasteiger partial charge < -0.3 is 14.4 Å². The van der Waals surface area contributed by atoms with E-state index < -0.39 is 0 Å². The van der Waals surface area contributed by atoms with E-state index in [9.17, 15) is 0 Å². The van der Waals surface area contributed by atoms with Crippen molar-refractivity contribution in [2.75, 3.05) is 26.7 Å². The van der Waals surface area contributed by atoms with Gasteiger partial charge in [0.25, 0.3) is 0 Å². The van der Waals surface area contributed by atoms with Gasteiger partial charge in [0.15, 0.2) is 5.82 Å². The molecule has 1 N–H and O–H groups in total. The lowest BCUT2D eigenvalue weighted by molar-refractivity contribution is 0.190. The van der Waals surface area contributed by atoms with E-state index in [-0.39, 0.29) is 18.4 Å². The third kappa shape index (κ3) is 3.73. The Balaban J connectivity index is 0.00000192. The van der Waals surface area contributed by atoms with Crippen LogP contribution in [0, 0.1) is 0 Å². The van der Waals surface area contributed by atoms with Crippen molar-refractivity contribution in [3.05, 3.63) is 28.7 Å². The topological polar surface area (TPSA) is 80.2 Å². The number of halogens is 1. The van der Waals surface area contributed by atoms with Gasteiger partial charge in [0.2, 0.25) is 5.89 Å². The molecule has 23 heavy (non-hydrogen) atoms. The Morgan fingerprint density at radius 2 is 2.04 bits per heavy atom. The van der Waals surface area contributed by atoms with E-state index >= 15 is 0 Å². The van der Waals surface area contributed by atoms with Crippen molar-refractivity contribution in [1.29, 1.82) is 0 Å². The monoisotopic (exact) mass is 341 g/mol. The van der Waals surface area contributed by atoms with E-state index in [2.05, 4.69) is 46.4 Å². The van der Waals surface area contributed by atoms with Gasteiger partial charge >= 0.3 is 0 Å². The molecule has 3 rings (SSSR count). The summed E-state index contributed by atoms with van der Waals surface area (Å²) in [4.78, 5) is 6.83. The quantitative estimate of drug-likeness (QED) is 0.887. The standard InChI is InChI=1S/C15H23N5O2.ClH/c1-4-11-10(13(5-2)21-18-11)8-14-17-15(19-22-14)12-9-16-6-7-20(12)3;/h12,16H,4-9H2,1-3H3;1H. The fourth-order valence-electron chi connectivity index (χ4n) is 2.86. The maximum atomic E-state index is 5.45. The molecule has 1 aliphatic heterocycles. The van der Waals surface area contributed by atoms with Crippen LogP contribution in [0.15, 0.2) is 9.05 Å². The Labute approximate surface area is 142 Å². The van der Waals surface area contributed by atoms with E-state index in [1.807, 2.05) is 0 Å². The highest BCUT2D eigenvalue weighted by Gasteiger charge is 2.26. The Morgan fingerprint density at radius 3 is 2.74 bits per heavy atom. The molecule has 1 unspecified atom stereocenters. The van der Waals surface area contributed by atoms with Gasteiger partial charge in [-0.25, -0.2) is 0 Å². The molecule has 0 saturated carbocycles. The predicted molar refractivity (Wildman–Crippen MR) is 87.9 cm³/mol. The van der Waals surface area contributed by atoms with Gasteiger partial charge in [-0.05, 0) is 13.5 Å². The molecule has 3 heterocycles. The molecule has 8 heteroatoms. The highest BCUT2D eigenvalue weighted by Crippen LogP contribution is 2.22. The van der Waals surface area contributed by atoms with Gasteiger partial charge in [-0.3, -0.25) is 4.90 Å². The Kier molecular flexibility index (Phi) is 6.15. The third-order valence-electron chi connectivity index (χ3n) is 4.23. The van der Waals surface area contributed by atoms with E-state index in [0.717, 1.165) is 55.3 Å². The van der Waals surface area contributed by atoms with Crippen molar-refractivity contribution < 1.29 is 9.05 Å². The number of rotatable bonds is 5. The third-order valence-corrected chi connectivity index (χ3v) is 4.23. The van der Waals surface area contributed by atoms with Crippen LogP contribution in [0.4, 0.5) is 0 Å². The summed E-state index contributed by atoms with van der Waals surface area (Å²) >= 11 is 0. The Bertz CT molecular complexity index is 606. The summed E-state index contributed by atoms with van der Waals surface area (Å²) < 4.78 is 10.8. The minimum absolute atomic E-state index is 0. The van der Waals surface area contributed by atoms with Crippen LogP contribution in [0.5, 0.6) is 0 Å². The number of hydrogen-bond donors (Lipinski definition) is 1. The lowest BCUT2D eigenvalue weighted by Crippen LogP contribution is -2.44. The minimum Gasteiger partial charge on any atom is -0.361 e. The van der Waals surface area contributed by atoms with Crippen LogP contribution in [0.25, 0.3) is 0 Å². The molecule has 0 aliphatic carbocycles. The zero-order chi connectivity index (χ0) is 15.5. The summed E-state index contributed by atoms with van der Waals surface area (Å²) in [5, 5.41) is 11.7. The average Bonchev–Trinajstić information content (AvgIpc) is 3.15. The van der Waals surface area contributed by atoms with Crippen LogP contribution in [0.3, 0.4) is 0 Å². The largest absolute Gasteiger partial charge is 0.361 e. The fraction of sp³-hybridized carbons (Fsp3) is 0.667. The molecule has 1 atom stereocenters. The summed E-state index contributed by atoms with van der Waals surface area (Å²) in [5.41, 5.74) is 2.07. The second-order valence-corrected chi connectivity index (χ2v) is 5.66. The van der Waals surface area contributed by atoms with E-state index in [1.165, 1.54) is 0 Å². The summed E-state index contributed by atoms with van der Waals surface area (Å²) in [6.07, 6.45) is 2.25. The lowest BCUT2D eigenvalue weighted by atomic mass is 10.1. The SMILES string of the molecule is CCc1noc(CC)c1Cc1nc(C2CNCCN2C)no1.Cl. The van der Waals surface area contributed by atoms with Gasteiger partial charge in [0.1, 0.15) is 5.76 Å². The number of hydrogen-bond acceptors (Lipinski definition) is 7. The van der Waals surface area contributed by atoms with Gasteiger partial charge in [0, 0.05) is 31.6 Å². The minimum atomic E-state index is 0. The van der Waals surface area contributed by atoms with Crippen LogP contribution >= 0.6 is 12.4 Å². The Hall–Kier alpha value is -1.44. The van der Waals surface area contributed by atoms with E-state index in [0.29, 0.717) is 12.3 Å². The summed E-state index contributed by atoms with van der Waals surface area (Å²) in [6.45, 7) is 6.97. The molecule has 7 nitrogen and oxygen atoms in total. The zero-order valence-corrected chi connectivity index (χ0v) is 14.7. The predicted octanol–water partition coefficient (Wildman–Crippen LogP) is 1.77. The maximum Gasteiger partial charge on any atom is 0.231 e. The molecule has 0 aromatic carbocycles. The number of aryl methyl sites for hydroxylation is 2. The van der Waals surface area contributed by atoms with Gasteiger partial charge in [0.05, 0.1) is 18.2 Å². The highest BCUT2D eigenvalue weighted by atomic mass is 35.5. The first-order valence-corrected chi connectivity index (χ1v) is 7.92. The molecular weight excluding hydrogens is 318 g/mol. The molecule has 0 spiro atoms. The van der Waals surface area contributed by atoms with E-state index in [4.69, 9.17) is 9.05 Å². The smallest absolute Gasteiger partial charge is 0.231 e. The fourth-order valence-corrected chi connectivity index (χ4v) is 2.86. The first-order chi connectivity index (χ1) is 10.7. The molecule has 1 fully saturated rings. The summed E-state index contributed by atoms with van der Waals surface area (Å²) in [7, 11) is 2.09. The molecule has 0 amide bonds. The number of nitrogens with zero attached hydrogens (tertiary/aromatic N) is 4. The van der Waals surface area contributed by atoms with Gasteiger partial charge in [-0.2, -0.15) is 4.98 Å². The number of nitrogens with one attached hydrogen (secondary N) is 1. The van der Waals surface area contributed by atoms with Gasteiger partial charge in [-0.15, -0.1) is 12.4 Å². The normalized spacial score (nSPS) is 18.8. The van der Waals surface area contributed by atoms with Crippen molar-refractivity contribution >= 4 is 12.4 Å². The molecule has 2 aromatic heterocycles. The van der Waals surface area contributed by atoms with Gasteiger partial charge in [-0.1, -0.05) is 24.2 Å². The molecule has 1 aliphatic rings. The number of aromatic nitrogens is 3. The Morgan fingerprint density at radius 1 is 1.22 bits per heavy atom. The van der Waals surface area contributed by atoms with Crippen molar-refractivity contribution in [3.63, 3.8) is 0 Å². The van der Waals surface area contributed by atoms with Crippen molar-refractivity contribution in [2.24, 2.45) is 0 Å². The van der Waals surface area contributed by atoms with Crippen LogP contribution in [-0.2, 0) is 19.3 Å². The molecular formula is C15H24ClN5O2. The van der Waals surface area contributed by atoms with Crippen molar-refractivity contribution in [1.82, 2.24) is 25.5 Å². The van der Waals surface area contributed by atoms with Crippen LogP contribution in [-0.4, -0.2) is 46.9 Å². The molecule has 128 valence electrons. The second-order valence-electron chi connectivity index (χ2n) is 5.66. The molecule has 0 bridgehead atoms. The van der Waals surface area contributed by atoms with Crippen molar-refractivity contribution in [2.45, 2.75) is 39.2 Å². The molecule has 2 aromatic rings. The first kappa shape index (κ1) is 17.9. The first-order valence-electron chi connectivity index (χ1n) is 7.92. The summed E-state index contributed by atoms with van der Waals surface area (Å²) in [6, 6.07) is 0.171. The number of likely N-dealkylation sites (N-methyl/N-ethyl adjacent to an activating group) is 1.